The van der Waals surface area contributed by atoms with Crippen molar-refractivity contribution in [2.45, 2.75) is 57.5 Å². The molecule has 1 aromatic rings. The van der Waals surface area contributed by atoms with Crippen LogP contribution in [0, 0.1) is 17.8 Å². The molecular weight excluding hydrogens is 264 g/mol. The lowest BCUT2D eigenvalue weighted by molar-refractivity contribution is -0.0168. The monoisotopic (exact) mass is 288 g/mol. The van der Waals surface area contributed by atoms with E-state index >= 15 is 0 Å². The Morgan fingerprint density at radius 1 is 1.33 bits per heavy atom. The van der Waals surface area contributed by atoms with E-state index in [0.29, 0.717) is 17.9 Å². The number of carbonyl (C=O) groups excluding carboxylic acids is 1. The van der Waals surface area contributed by atoms with Gasteiger partial charge in [0.15, 0.2) is 0 Å². The second-order valence-electron chi connectivity index (χ2n) is 7.42. The summed E-state index contributed by atoms with van der Waals surface area (Å²) >= 11 is 0. The quantitative estimate of drug-likeness (QED) is 0.895. The van der Waals surface area contributed by atoms with Gasteiger partial charge in [-0.05, 0) is 63.2 Å². The summed E-state index contributed by atoms with van der Waals surface area (Å²) in [6.07, 6.45) is 9.19. The van der Waals surface area contributed by atoms with E-state index in [9.17, 15) is 4.79 Å². The maximum atomic E-state index is 12.7. The fraction of sp³-hybridized carbons (Fsp3) is 0.750. The predicted octanol–water partition coefficient (Wildman–Crippen LogP) is 2.18. The minimum Gasteiger partial charge on any atom is -0.396 e. The first-order valence-electron chi connectivity index (χ1n) is 8.22. The molecule has 0 unspecified atom stereocenters. The summed E-state index contributed by atoms with van der Waals surface area (Å²) < 4.78 is 1.70. The fourth-order valence-electron chi connectivity index (χ4n) is 5.45. The minimum absolute atomic E-state index is 0.0289. The molecule has 1 heterocycles. The summed E-state index contributed by atoms with van der Waals surface area (Å²) in [6, 6.07) is 0. The zero-order valence-corrected chi connectivity index (χ0v) is 12.6. The topological polar surface area (TPSA) is 72.9 Å². The van der Waals surface area contributed by atoms with Crippen molar-refractivity contribution in [1.29, 1.82) is 0 Å². The number of aromatic nitrogens is 2. The van der Waals surface area contributed by atoms with Crippen molar-refractivity contribution in [2.24, 2.45) is 17.8 Å². The van der Waals surface area contributed by atoms with Crippen LogP contribution in [0.15, 0.2) is 6.20 Å². The zero-order valence-electron chi connectivity index (χ0n) is 12.6. The van der Waals surface area contributed by atoms with Gasteiger partial charge in [-0.3, -0.25) is 9.48 Å². The summed E-state index contributed by atoms with van der Waals surface area (Å²) in [6.45, 7) is 2.65. The third kappa shape index (κ3) is 2.05. The van der Waals surface area contributed by atoms with Crippen molar-refractivity contribution in [3.8, 4) is 0 Å². The van der Waals surface area contributed by atoms with Crippen LogP contribution in [0.25, 0.3) is 0 Å². The number of nitrogens with zero attached hydrogens (tertiary/aromatic N) is 2. The second-order valence-corrected chi connectivity index (χ2v) is 7.42. The molecule has 0 aliphatic heterocycles. The third-order valence-electron chi connectivity index (χ3n) is 5.80. The van der Waals surface area contributed by atoms with E-state index in [2.05, 4.69) is 10.4 Å². The number of anilines is 1. The van der Waals surface area contributed by atoms with Gasteiger partial charge in [0.1, 0.15) is 5.69 Å². The zero-order chi connectivity index (χ0) is 14.6. The van der Waals surface area contributed by atoms with E-state index in [1.807, 2.05) is 6.92 Å². The van der Waals surface area contributed by atoms with Crippen LogP contribution in [0.1, 0.15) is 55.9 Å². The van der Waals surface area contributed by atoms with Crippen molar-refractivity contribution in [3.05, 3.63) is 11.9 Å². The van der Waals surface area contributed by atoms with Gasteiger partial charge in [0, 0.05) is 12.1 Å². The summed E-state index contributed by atoms with van der Waals surface area (Å²) in [7, 11) is 0. The lowest BCUT2D eigenvalue weighted by Gasteiger charge is -2.56. The molecule has 0 atom stereocenters. The van der Waals surface area contributed by atoms with Crippen LogP contribution in [-0.4, -0.2) is 21.2 Å². The first-order valence-corrected chi connectivity index (χ1v) is 8.22. The highest BCUT2D eigenvalue weighted by Gasteiger charge is 2.51. The van der Waals surface area contributed by atoms with Gasteiger partial charge in [-0.25, -0.2) is 0 Å². The Balaban J connectivity index is 1.58. The van der Waals surface area contributed by atoms with Crippen LogP contribution in [0.2, 0.25) is 0 Å². The van der Waals surface area contributed by atoms with E-state index in [0.717, 1.165) is 37.0 Å². The van der Waals surface area contributed by atoms with Crippen LogP contribution in [0.4, 0.5) is 5.69 Å². The SMILES string of the molecule is CCn1ncc(N)c1C(=O)NC12CC3CC(CC(C3)C1)C2. The van der Waals surface area contributed by atoms with Gasteiger partial charge in [-0.15, -0.1) is 0 Å². The molecule has 21 heavy (non-hydrogen) atoms. The lowest BCUT2D eigenvalue weighted by Crippen LogP contribution is -2.60. The van der Waals surface area contributed by atoms with Crippen molar-refractivity contribution < 1.29 is 4.79 Å². The Labute approximate surface area is 125 Å². The Kier molecular flexibility index (Phi) is 2.81. The van der Waals surface area contributed by atoms with E-state index < -0.39 is 0 Å². The van der Waals surface area contributed by atoms with Gasteiger partial charge in [-0.1, -0.05) is 0 Å². The van der Waals surface area contributed by atoms with Crippen LogP contribution in [0.3, 0.4) is 0 Å². The van der Waals surface area contributed by atoms with Crippen LogP contribution in [0.5, 0.6) is 0 Å². The molecule has 4 aliphatic carbocycles. The highest BCUT2D eigenvalue weighted by Crippen LogP contribution is 2.55. The van der Waals surface area contributed by atoms with E-state index in [-0.39, 0.29) is 11.4 Å². The lowest BCUT2D eigenvalue weighted by atomic mass is 9.53. The van der Waals surface area contributed by atoms with Crippen LogP contribution in [-0.2, 0) is 6.54 Å². The molecule has 0 spiro atoms. The first kappa shape index (κ1) is 13.2. The van der Waals surface area contributed by atoms with Crippen molar-refractivity contribution in [3.63, 3.8) is 0 Å². The molecule has 114 valence electrons. The molecule has 5 heteroatoms. The third-order valence-corrected chi connectivity index (χ3v) is 5.80. The summed E-state index contributed by atoms with van der Waals surface area (Å²) in [5.41, 5.74) is 6.99. The molecule has 0 radical (unpaired) electrons. The molecule has 1 amide bonds. The van der Waals surface area contributed by atoms with Crippen LogP contribution < -0.4 is 11.1 Å². The number of hydrogen-bond donors (Lipinski definition) is 2. The van der Waals surface area contributed by atoms with Gasteiger partial charge in [0.05, 0.1) is 11.9 Å². The molecule has 5 rings (SSSR count). The Hall–Kier alpha value is -1.52. The number of aryl methyl sites for hydroxylation is 1. The number of nitrogens with two attached hydrogens (primary N) is 1. The molecular formula is C16H24N4O. The molecule has 0 aromatic carbocycles. The molecule has 4 saturated carbocycles. The van der Waals surface area contributed by atoms with E-state index in [4.69, 9.17) is 5.73 Å². The van der Waals surface area contributed by atoms with Gasteiger partial charge in [0.25, 0.3) is 5.91 Å². The van der Waals surface area contributed by atoms with Gasteiger partial charge in [0.2, 0.25) is 0 Å². The molecule has 3 N–H and O–H groups in total. The number of carbonyl (C=O) groups is 1. The van der Waals surface area contributed by atoms with Crippen LogP contribution >= 0.6 is 0 Å². The summed E-state index contributed by atoms with van der Waals surface area (Å²) in [5.74, 6) is 2.44. The number of hydrogen-bond acceptors (Lipinski definition) is 3. The van der Waals surface area contributed by atoms with E-state index in [1.54, 1.807) is 10.9 Å². The molecule has 1 aromatic heterocycles. The molecule has 4 fully saturated rings. The van der Waals surface area contributed by atoms with Crippen molar-refractivity contribution in [1.82, 2.24) is 15.1 Å². The Morgan fingerprint density at radius 3 is 2.43 bits per heavy atom. The summed E-state index contributed by atoms with van der Waals surface area (Å²) in [4.78, 5) is 12.7. The summed E-state index contributed by atoms with van der Waals surface area (Å²) in [5, 5.41) is 7.54. The number of nitrogens with one attached hydrogen (secondary N) is 1. The normalized spacial score (nSPS) is 36.9. The highest BCUT2D eigenvalue weighted by molar-refractivity contribution is 5.97. The minimum atomic E-state index is -0.0335. The van der Waals surface area contributed by atoms with Gasteiger partial charge >= 0.3 is 0 Å². The largest absolute Gasteiger partial charge is 0.396 e. The number of amides is 1. The van der Waals surface area contributed by atoms with Gasteiger partial charge in [-0.2, -0.15) is 5.10 Å². The van der Waals surface area contributed by atoms with E-state index in [1.165, 1.54) is 19.3 Å². The Bertz CT molecular complexity index is 542. The van der Waals surface area contributed by atoms with Crippen molar-refractivity contribution >= 4 is 11.6 Å². The Morgan fingerprint density at radius 2 is 1.90 bits per heavy atom. The fourth-order valence-corrected chi connectivity index (χ4v) is 5.45. The standard InChI is InChI=1S/C16H24N4O/c1-2-20-14(13(17)9-18-20)15(21)19-16-6-10-3-11(7-16)5-12(4-10)8-16/h9-12H,2-8,17H2,1H3,(H,19,21). The second kappa shape index (κ2) is 4.49. The maximum absolute atomic E-state index is 12.7. The van der Waals surface area contributed by atoms with Crippen molar-refractivity contribution in [2.75, 3.05) is 5.73 Å². The predicted molar refractivity (Wildman–Crippen MR) is 80.7 cm³/mol. The average Bonchev–Trinajstić information content (AvgIpc) is 2.77. The molecule has 0 saturated heterocycles. The average molecular weight is 288 g/mol. The smallest absolute Gasteiger partial charge is 0.272 e. The number of nitrogen functional groups attached to an aromatic ring is 1. The molecule has 5 nitrogen and oxygen atoms in total. The molecule has 4 bridgehead atoms. The highest BCUT2D eigenvalue weighted by atomic mass is 16.2. The number of rotatable bonds is 3. The van der Waals surface area contributed by atoms with Gasteiger partial charge < -0.3 is 11.1 Å². The maximum Gasteiger partial charge on any atom is 0.272 e. The first-order chi connectivity index (χ1) is 10.1. The molecule has 4 aliphatic rings.